The van der Waals surface area contributed by atoms with E-state index < -0.39 is 11.4 Å². The van der Waals surface area contributed by atoms with E-state index in [1.54, 1.807) is 11.3 Å². The maximum absolute atomic E-state index is 11.2. The molecular weight excluding hydrogens is 210 g/mol. The maximum atomic E-state index is 11.2. The van der Waals surface area contributed by atoms with Crippen LogP contribution in [-0.2, 0) is 16.6 Å². The summed E-state index contributed by atoms with van der Waals surface area (Å²) in [7, 11) is 0. The van der Waals surface area contributed by atoms with E-state index in [9.17, 15) is 9.90 Å². The summed E-state index contributed by atoms with van der Waals surface area (Å²) in [5.41, 5.74) is 0.344. The van der Waals surface area contributed by atoms with Gasteiger partial charge in [0.2, 0.25) is 0 Å². The van der Waals surface area contributed by atoms with Gasteiger partial charge in [-0.1, -0.05) is 6.92 Å². The minimum atomic E-state index is -0.683. The minimum absolute atomic E-state index is 0.576. The molecule has 1 heterocycles. The highest BCUT2D eigenvalue weighted by atomic mass is 32.1. The number of carbonyl (C=O) groups is 1. The number of aromatic nitrogens is 1. The zero-order valence-electron chi connectivity index (χ0n) is 9.04. The van der Waals surface area contributed by atoms with Crippen molar-refractivity contribution in [1.82, 2.24) is 4.98 Å². The zero-order valence-corrected chi connectivity index (χ0v) is 9.86. The van der Waals surface area contributed by atoms with Gasteiger partial charge in [-0.05, 0) is 32.6 Å². The summed E-state index contributed by atoms with van der Waals surface area (Å²) in [6, 6.07) is 0. The molecule has 1 aromatic heterocycles. The standard InChI is InChI=1S/C11H15NO2S/c1-3-4-8-12-7(2)9(15-8)11(5-6-11)10(13)14/h3-6H2,1-2H3,(H,13,14). The van der Waals surface area contributed by atoms with Crippen LogP contribution in [0.2, 0.25) is 0 Å². The van der Waals surface area contributed by atoms with Crippen molar-refractivity contribution >= 4 is 17.3 Å². The fourth-order valence-corrected chi connectivity index (χ4v) is 3.28. The Morgan fingerprint density at radius 3 is 2.73 bits per heavy atom. The van der Waals surface area contributed by atoms with Crippen LogP contribution < -0.4 is 0 Å². The topological polar surface area (TPSA) is 50.2 Å². The SMILES string of the molecule is CCCc1nc(C)c(C2(C(=O)O)CC2)s1. The van der Waals surface area contributed by atoms with Gasteiger partial charge in [-0.2, -0.15) is 0 Å². The first-order valence-electron chi connectivity index (χ1n) is 5.30. The molecule has 2 rings (SSSR count). The van der Waals surface area contributed by atoms with Crippen molar-refractivity contribution in [2.45, 2.75) is 44.9 Å². The molecule has 0 aromatic carbocycles. The molecule has 0 unspecified atom stereocenters. The van der Waals surface area contributed by atoms with E-state index in [2.05, 4.69) is 11.9 Å². The molecule has 0 atom stereocenters. The number of hydrogen-bond donors (Lipinski definition) is 1. The molecule has 1 aliphatic carbocycles. The Morgan fingerprint density at radius 1 is 1.60 bits per heavy atom. The first kappa shape index (κ1) is 10.6. The Bertz CT molecular complexity index is 393. The fraction of sp³-hybridized carbons (Fsp3) is 0.636. The molecule has 3 nitrogen and oxygen atoms in total. The van der Waals surface area contributed by atoms with Gasteiger partial charge in [0.15, 0.2) is 0 Å². The Kier molecular flexibility index (Phi) is 2.54. The Labute approximate surface area is 93.2 Å². The van der Waals surface area contributed by atoms with Gasteiger partial charge >= 0.3 is 5.97 Å². The summed E-state index contributed by atoms with van der Waals surface area (Å²) in [4.78, 5) is 16.6. The third-order valence-electron chi connectivity index (χ3n) is 2.90. The molecule has 0 spiro atoms. The lowest BCUT2D eigenvalue weighted by molar-refractivity contribution is -0.139. The normalized spacial score (nSPS) is 17.7. The molecule has 4 heteroatoms. The van der Waals surface area contributed by atoms with Crippen LogP contribution in [0.1, 0.15) is 41.8 Å². The molecule has 0 aliphatic heterocycles. The predicted molar refractivity (Wildman–Crippen MR) is 59.4 cm³/mol. The monoisotopic (exact) mass is 225 g/mol. The molecule has 0 saturated heterocycles. The first-order valence-corrected chi connectivity index (χ1v) is 6.12. The third-order valence-corrected chi connectivity index (χ3v) is 4.32. The van der Waals surface area contributed by atoms with Crippen LogP contribution in [0.5, 0.6) is 0 Å². The lowest BCUT2D eigenvalue weighted by Crippen LogP contribution is -2.18. The van der Waals surface area contributed by atoms with E-state index in [1.807, 2.05) is 6.92 Å². The molecule has 82 valence electrons. The average molecular weight is 225 g/mol. The molecule has 1 aliphatic rings. The second-order valence-electron chi connectivity index (χ2n) is 4.16. The highest BCUT2D eigenvalue weighted by Crippen LogP contribution is 2.51. The van der Waals surface area contributed by atoms with E-state index in [4.69, 9.17) is 0 Å². The van der Waals surface area contributed by atoms with E-state index in [1.165, 1.54) is 0 Å². The molecule has 1 N–H and O–H groups in total. The summed E-state index contributed by atoms with van der Waals surface area (Å²) >= 11 is 1.59. The van der Waals surface area contributed by atoms with Crippen LogP contribution in [0.3, 0.4) is 0 Å². The number of nitrogens with zero attached hydrogens (tertiary/aromatic N) is 1. The molecule has 15 heavy (non-hydrogen) atoms. The highest BCUT2D eigenvalue weighted by Gasteiger charge is 2.54. The van der Waals surface area contributed by atoms with Gasteiger partial charge in [0, 0.05) is 4.88 Å². The van der Waals surface area contributed by atoms with E-state index in [-0.39, 0.29) is 0 Å². The van der Waals surface area contributed by atoms with Crippen LogP contribution in [0.4, 0.5) is 0 Å². The number of carboxylic acids is 1. The summed E-state index contributed by atoms with van der Waals surface area (Å²) in [5.74, 6) is -0.683. The number of hydrogen-bond acceptors (Lipinski definition) is 3. The van der Waals surface area contributed by atoms with Crippen molar-refractivity contribution in [2.24, 2.45) is 0 Å². The minimum Gasteiger partial charge on any atom is -0.481 e. The average Bonchev–Trinajstić information content (AvgIpc) is 2.88. The van der Waals surface area contributed by atoms with Gasteiger partial charge in [0.1, 0.15) is 5.41 Å². The van der Waals surface area contributed by atoms with Crippen LogP contribution in [0.15, 0.2) is 0 Å². The van der Waals surface area contributed by atoms with Gasteiger partial charge < -0.3 is 5.11 Å². The molecule has 1 fully saturated rings. The van der Waals surface area contributed by atoms with Crippen LogP contribution in [0.25, 0.3) is 0 Å². The molecule has 0 amide bonds. The highest BCUT2D eigenvalue weighted by molar-refractivity contribution is 7.12. The van der Waals surface area contributed by atoms with E-state index in [0.29, 0.717) is 0 Å². The fourth-order valence-electron chi connectivity index (χ4n) is 1.88. The van der Waals surface area contributed by atoms with Crippen molar-refractivity contribution in [3.63, 3.8) is 0 Å². The lowest BCUT2D eigenvalue weighted by atomic mass is 10.0. The molecular formula is C11H15NO2S. The number of aliphatic carboxylic acids is 1. The van der Waals surface area contributed by atoms with Crippen molar-refractivity contribution in [3.05, 3.63) is 15.6 Å². The predicted octanol–water partition coefficient (Wildman–Crippen LogP) is 2.52. The second kappa shape index (κ2) is 3.59. The number of carboxylic acid groups (broad SMARTS) is 1. The quantitative estimate of drug-likeness (QED) is 0.856. The van der Waals surface area contributed by atoms with Gasteiger partial charge in [-0.25, -0.2) is 4.98 Å². The lowest BCUT2D eigenvalue weighted by Gasteiger charge is -2.06. The Balaban J connectivity index is 2.32. The van der Waals surface area contributed by atoms with Crippen LogP contribution in [0, 0.1) is 6.92 Å². The Morgan fingerprint density at radius 2 is 2.27 bits per heavy atom. The van der Waals surface area contributed by atoms with Crippen LogP contribution >= 0.6 is 11.3 Å². The van der Waals surface area contributed by atoms with Crippen molar-refractivity contribution in [3.8, 4) is 0 Å². The van der Waals surface area contributed by atoms with Crippen molar-refractivity contribution < 1.29 is 9.90 Å². The van der Waals surface area contributed by atoms with Gasteiger partial charge in [-0.15, -0.1) is 11.3 Å². The summed E-state index contributed by atoms with van der Waals surface area (Å²) < 4.78 is 0. The van der Waals surface area contributed by atoms with E-state index in [0.717, 1.165) is 41.3 Å². The zero-order chi connectivity index (χ0) is 11.1. The molecule has 1 aromatic rings. The smallest absolute Gasteiger partial charge is 0.315 e. The third kappa shape index (κ3) is 1.67. The molecule has 0 radical (unpaired) electrons. The number of thiazole rings is 1. The van der Waals surface area contributed by atoms with Crippen molar-refractivity contribution in [1.29, 1.82) is 0 Å². The first-order chi connectivity index (χ1) is 7.10. The molecule has 0 bridgehead atoms. The number of rotatable bonds is 4. The second-order valence-corrected chi connectivity index (χ2v) is 5.24. The van der Waals surface area contributed by atoms with Crippen molar-refractivity contribution in [2.75, 3.05) is 0 Å². The Hall–Kier alpha value is -0.900. The number of aryl methyl sites for hydroxylation is 2. The summed E-state index contributed by atoms with van der Waals surface area (Å²) in [6.45, 7) is 4.04. The largest absolute Gasteiger partial charge is 0.481 e. The van der Waals surface area contributed by atoms with Gasteiger partial charge in [-0.3, -0.25) is 4.79 Å². The van der Waals surface area contributed by atoms with Gasteiger partial charge in [0.05, 0.1) is 10.7 Å². The maximum Gasteiger partial charge on any atom is 0.315 e. The summed E-state index contributed by atoms with van der Waals surface area (Å²) in [6.07, 6.45) is 3.57. The molecule has 1 saturated carbocycles. The van der Waals surface area contributed by atoms with Gasteiger partial charge in [0.25, 0.3) is 0 Å². The van der Waals surface area contributed by atoms with E-state index >= 15 is 0 Å². The van der Waals surface area contributed by atoms with Crippen LogP contribution in [-0.4, -0.2) is 16.1 Å². The summed E-state index contributed by atoms with van der Waals surface area (Å²) in [5, 5.41) is 10.3.